The molecule has 6 nitrogen and oxygen atoms in total. The molecule has 8 heteroatoms. The number of nitrogens with zero attached hydrogens (tertiary/aromatic N) is 4. The minimum atomic E-state index is 0.529. The van der Waals surface area contributed by atoms with E-state index in [2.05, 4.69) is 32.9 Å². The SMILES string of the molecule is CN=C(NCc1cccc(-n2cccn2)c1)NCc1cc(Cl)c(Cl)n1C. The molecule has 0 fully saturated rings. The molecule has 2 N–H and O–H groups in total. The van der Waals surface area contributed by atoms with Crippen LogP contribution in [0.5, 0.6) is 0 Å². The van der Waals surface area contributed by atoms with Gasteiger partial charge in [0.15, 0.2) is 5.96 Å². The molecule has 0 saturated heterocycles. The van der Waals surface area contributed by atoms with Gasteiger partial charge in [0.25, 0.3) is 0 Å². The Bertz CT molecular complexity index is 899. The largest absolute Gasteiger partial charge is 0.352 e. The molecule has 0 aliphatic carbocycles. The molecule has 0 bridgehead atoms. The van der Waals surface area contributed by atoms with Crippen molar-refractivity contribution in [3.63, 3.8) is 0 Å². The van der Waals surface area contributed by atoms with Gasteiger partial charge in [-0.2, -0.15) is 5.10 Å². The van der Waals surface area contributed by atoms with Crippen molar-refractivity contribution in [1.82, 2.24) is 25.0 Å². The third-order valence-electron chi connectivity index (χ3n) is 4.02. The fourth-order valence-corrected chi connectivity index (χ4v) is 2.99. The third kappa shape index (κ3) is 4.20. The number of aromatic nitrogens is 3. The summed E-state index contributed by atoms with van der Waals surface area (Å²) in [6, 6.07) is 11.9. The highest BCUT2D eigenvalue weighted by molar-refractivity contribution is 6.41. The maximum Gasteiger partial charge on any atom is 0.191 e. The molecule has 0 unspecified atom stereocenters. The second kappa shape index (κ2) is 8.29. The van der Waals surface area contributed by atoms with Gasteiger partial charge in [0.2, 0.25) is 0 Å². The van der Waals surface area contributed by atoms with Gasteiger partial charge < -0.3 is 15.2 Å². The number of hydrogen-bond acceptors (Lipinski definition) is 2. The fraction of sp³-hybridized carbons (Fsp3) is 0.222. The van der Waals surface area contributed by atoms with E-state index in [1.807, 2.05) is 46.8 Å². The average molecular weight is 391 g/mol. The van der Waals surface area contributed by atoms with Crippen LogP contribution in [0.3, 0.4) is 0 Å². The first-order chi connectivity index (χ1) is 12.6. The Hall–Kier alpha value is -2.44. The lowest BCUT2D eigenvalue weighted by Gasteiger charge is -2.13. The van der Waals surface area contributed by atoms with Crippen LogP contribution in [0.25, 0.3) is 5.69 Å². The lowest BCUT2D eigenvalue weighted by molar-refractivity contribution is 0.750. The van der Waals surface area contributed by atoms with Crippen molar-refractivity contribution in [1.29, 1.82) is 0 Å². The molecule has 0 saturated carbocycles. The van der Waals surface area contributed by atoms with Gasteiger partial charge in [-0.15, -0.1) is 0 Å². The van der Waals surface area contributed by atoms with Crippen molar-refractivity contribution < 1.29 is 0 Å². The Balaban J connectivity index is 1.59. The summed E-state index contributed by atoms with van der Waals surface area (Å²) in [7, 11) is 3.61. The molecular formula is C18H20Cl2N6. The zero-order chi connectivity index (χ0) is 18.5. The van der Waals surface area contributed by atoms with Crippen LogP contribution in [-0.4, -0.2) is 27.4 Å². The van der Waals surface area contributed by atoms with E-state index < -0.39 is 0 Å². The molecule has 0 aliphatic rings. The van der Waals surface area contributed by atoms with Crippen molar-refractivity contribution in [2.75, 3.05) is 7.05 Å². The molecule has 3 rings (SSSR count). The Labute approximate surface area is 162 Å². The zero-order valence-electron chi connectivity index (χ0n) is 14.6. The smallest absolute Gasteiger partial charge is 0.191 e. The number of aliphatic imine (C=N–C) groups is 1. The monoisotopic (exact) mass is 390 g/mol. The zero-order valence-corrected chi connectivity index (χ0v) is 16.1. The van der Waals surface area contributed by atoms with Gasteiger partial charge in [0.1, 0.15) is 5.15 Å². The predicted octanol–water partition coefficient (Wildman–Crippen LogP) is 3.38. The molecule has 0 aliphatic heterocycles. The first kappa shape index (κ1) is 18.4. The Morgan fingerprint density at radius 3 is 2.62 bits per heavy atom. The molecule has 2 heterocycles. The molecule has 1 aromatic carbocycles. The Kier molecular flexibility index (Phi) is 5.85. The molecule has 3 aromatic rings. The molecule has 0 radical (unpaired) electrons. The molecule has 26 heavy (non-hydrogen) atoms. The van der Waals surface area contributed by atoms with Crippen LogP contribution in [0.4, 0.5) is 0 Å². The summed E-state index contributed by atoms with van der Waals surface area (Å²) < 4.78 is 3.68. The van der Waals surface area contributed by atoms with Crippen LogP contribution in [0.1, 0.15) is 11.3 Å². The number of benzene rings is 1. The highest BCUT2D eigenvalue weighted by Gasteiger charge is 2.09. The molecular weight excluding hydrogens is 371 g/mol. The van der Waals surface area contributed by atoms with Crippen molar-refractivity contribution in [2.24, 2.45) is 12.0 Å². The van der Waals surface area contributed by atoms with Gasteiger partial charge >= 0.3 is 0 Å². The number of nitrogens with one attached hydrogen (secondary N) is 2. The predicted molar refractivity (Wildman–Crippen MR) is 106 cm³/mol. The highest BCUT2D eigenvalue weighted by Crippen LogP contribution is 2.24. The summed E-state index contributed by atoms with van der Waals surface area (Å²) >= 11 is 12.1. The lowest BCUT2D eigenvalue weighted by atomic mass is 10.2. The van der Waals surface area contributed by atoms with Crippen molar-refractivity contribution in [3.05, 3.63) is 70.2 Å². The Morgan fingerprint density at radius 2 is 1.96 bits per heavy atom. The van der Waals surface area contributed by atoms with E-state index in [1.165, 1.54) is 0 Å². The summed E-state index contributed by atoms with van der Waals surface area (Å²) in [5.74, 6) is 0.697. The fourth-order valence-electron chi connectivity index (χ4n) is 2.57. The van der Waals surface area contributed by atoms with Crippen LogP contribution in [-0.2, 0) is 20.1 Å². The normalized spacial score (nSPS) is 11.6. The summed E-state index contributed by atoms with van der Waals surface area (Å²) in [4.78, 5) is 4.25. The van der Waals surface area contributed by atoms with Crippen molar-refractivity contribution >= 4 is 29.2 Å². The molecule has 0 atom stereocenters. The van der Waals surface area contributed by atoms with Gasteiger partial charge in [-0.3, -0.25) is 4.99 Å². The summed E-state index contributed by atoms with van der Waals surface area (Å²) in [5.41, 5.74) is 3.12. The summed E-state index contributed by atoms with van der Waals surface area (Å²) in [6.07, 6.45) is 3.68. The quantitative estimate of drug-likeness (QED) is 0.518. The highest BCUT2D eigenvalue weighted by atomic mass is 35.5. The molecule has 0 amide bonds. The Morgan fingerprint density at radius 1 is 1.15 bits per heavy atom. The second-order valence-electron chi connectivity index (χ2n) is 5.73. The van der Waals surface area contributed by atoms with Gasteiger partial charge in [0.05, 0.1) is 17.3 Å². The number of hydrogen-bond donors (Lipinski definition) is 2. The van der Waals surface area contributed by atoms with Gasteiger partial charge in [-0.1, -0.05) is 35.3 Å². The van der Waals surface area contributed by atoms with E-state index in [0.717, 1.165) is 16.9 Å². The van der Waals surface area contributed by atoms with E-state index in [0.29, 0.717) is 29.2 Å². The minimum Gasteiger partial charge on any atom is -0.352 e. The van der Waals surface area contributed by atoms with Crippen LogP contribution in [0.2, 0.25) is 10.2 Å². The van der Waals surface area contributed by atoms with Crippen LogP contribution in [0, 0.1) is 0 Å². The topological polar surface area (TPSA) is 59.2 Å². The molecule has 0 spiro atoms. The van der Waals surface area contributed by atoms with Crippen LogP contribution >= 0.6 is 23.2 Å². The standard InChI is InChI=1S/C18H20Cl2N6/c1-21-18(23-12-15-10-16(19)17(20)25(15)2)22-11-13-5-3-6-14(9-13)26-8-4-7-24-26/h3-10H,11-12H2,1-2H3,(H2,21,22,23). The van der Waals surface area contributed by atoms with E-state index in [-0.39, 0.29) is 0 Å². The first-order valence-electron chi connectivity index (χ1n) is 8.11. The average Bonchev–Trinajstić information content (AvgIpc) is 3.27. The van der Waals surface area contributed by atoms with Crippen molar-refractivity contribution in [3.8, 4) is 5.69 Å². The molecule has 2 aromatic heterocycles. The second-order valence-corrected chi connectivity index (χ2v) is 6.50. The molecule has 136 valence electrons. The van der Waals surface area contributed by atoms with E-state index >= 15 is 0 Å². The van der Waals surface area contributed by atoms with Crippen molar-refractivity contribution in [2.45, 2.75) is 13.1 Å². The van der Waals surface area contributed by atoms with Gasteiger partial charge in [0, 0.05) is 38.7 Å². The van der Waals surface area contributed by atoms with E-state index in [9.17, 15) is 0 Å². The summed E-state index contributed by atoms with van der Waals surface area (Å²) in [6.45, 7) is 1.21. The lowest BCUT2D eigenvalue weighted by Crippen LogP contribution is -2.36. The number of rotatable bonds is 5. The van der Waals surface area contributed by atoms with Crippen LogP contribution in [0.15, 0.2) is 53.8 Å². The number of halogens is 2. The summed E-state index contributed by atoms with van der Waals surface area (Å²) in [5, 5.41) is 11.9. The van der Waals surface area contributed by atoms with E-state index in [4.69, 9.17) is 23.2 Å². The van der Waals surface area contributed by atoms with Gasteiger partial charge in [-0.05, 0) is 29.8 Å². The maximum absolute atomic E-state index is 6.10. The number of guanidine groups is 1. The minimum absolute atomic E-state index is 0.529. The first-order valence-corrected chi connectivity index (χ1v) is 8.87. The van der Waals surface area contributed by atoms with Gasteiger partial charge in [-0.25, -0.2) is 4.68 Å². The van der Waals surface area contributed by atoms with E-state index in [1.54, 1.807) is 13.2 Å². The third-order valence-corrected chi connectivity index (χ3v) is 4.86. The van der Waals surface area contributed by atoms with Crippen LogP contribution < -0.4 is 10.6 Å². The maximum atomic E-state index is 6.10.